The minimum absolute atomic E-state index is 0.104. The highest BCUT2D eigenvalue weighted by Gasteiger charge is 2.19. The lowest BCUT2D eigenvalue weighted by molar-refractivity contribution is 0.0913. The van der Waals surface area contributed by atoms with Crippen molar-refractivity contribution >= 4 is 11.0 Å². The number of aromatic nitrogens is 3. The van der Waals surface area contributed by atoms with E-state index in [0.29, 0.717) is 19.1 Å². The van der Waals surface area contributed by atoms with Crippen LogP contribution in [0.1, 0.15) is 29.8 Å². The zero-order valence-electron chi connectivity index (χ0n) is 17.6. The third-order valence-electron chi connectivity index (χ3n) is 5.04. The molecule has 0 saturated carbocycles. The Balaban J connectivity index is 2.16. The third-order valence-corrected chi connectivity index (χ3v) is 5.04. The van der Waals surface area contributed by atoms with Gasteiger partial charge in [-0.25, -0.2) is 9.97 Å². The number of pyridine rings is 2. The molecule has 0 aromatic carbocycles. The highest BCUT2D eigenvalue weighted by molar-refractivity contribution is 5.84. The summed E-state index contributed by atoms with van der Waals surface area (Å²) in [6.07, 6.45) is 2.95. The van der Waals surface area contributed by atoms with Crippen LogP contribution in [0.4, 0.5) is 0 Å². The molecule has 0 atom stereocenters. The number of hydrogen-bond acceptors (Lipinski definition) is 5. The van der Waals surface area contributed by atoms with Crippen molar-refractivity contribution in [3.05, 3.63) is 41.2 Å². The summed E-state index contributed by atoms with van der Waals surface area (Å²) in [6, 6.07) is 6.25. The number of hydrogen-bond donors (Lipinski definition) is 0. The topological polar surface area (TPSA) is 58.4 Å². The van der Waals surface area contributed by atoms with Gasteiger partial charge >= 0.3 is 0 Å². The van der Waals surface area contributed by atoms with Gasteiger partial charge in [0, 0.05) is 32.0 Å². The number of ether oxygens (including phenoxy) is 3. The summed E-state index contributed by atoms with van der Waals surface area (Å²) in [6.45, 7) is 7.45. The molecule has 0 bridgehead atoms. The fraction of sp³-hybridized carbons (Fsp3) is 0.455. The molecule has 0 saturated heterocycles. The number of rotatable bonds is 8. The zero-order valence-corrected chi connectivity index (χ0v) is 17.6. The Labute approximate surface area is 166 Å². The molecule has 6 nitrogen and oxygen atoms in total. The van der Waals surface area contributed by atoms with Crippen LogP contribution in [0, 0.1) is 13.8 Å². The van der Waals surface area contributed by atoms with Crippen molar-refractivity contribution in [2.75, 3.05) is 34.5 Å². The van der Waals surface area contributed by atoms with Crippen LogP contribution in [0.3, 0.4) is 0 Å². The Bertz CT molecular complexity index is 959. The van der Waals surface area contributed by atoms with Crippen molar-refractivity contribution in [3.63, 3.8) is 0 Å². The molecule has 3 rings (SSSR count). The van der Waals surface area contributed by atoms with Crippen LogP contribution < -0.4 is 4.74 Å². The number of nitrogens with zero attached hydrogens (tertiary/aromatic N) is 3. The number of methoxy groups -OCH3 is 3. The van der Waals surface area contributed by atoms with Crippen molar-refractivity contribution in [1.82, 2.24) is 14.5 Å². The average Bonchev–Trinajstić information content (AvgIpc) is 3.02. The lowest BCUT2D eigenvalue weighted by Crippen LogP contribution is -2.19. The Hall–Kier alpha value is -2.44. The van der Waals surface area contributed by atoms with Crippen molar-refractivity contribution in [3.8, 4) is 17.1 Å². The smallest absolute Gasteiger partial charge is 0.213 e. The van der Waals surface area contributed by atoms with Crippen molar-refractivity contribution in [1.29, 1.82) is 0 Å². The SMILES string of the molecule is CCc1nc(OC)ccc1-c1nc2c(C)cn(C(COC)COC)c2cc1C. The van der Waals surface area contributed by atoms with E-state index in [-0.39, 0.29) is 6.04 Å². The molecule has 28 heavy (non-hydrogen) atoms. The molecule has 0 spiro atoms. The predicted molar refractivity (Wildman–Crippen MR) is 111 cm³/mol. The molecule has 3 aromatic rings. The Morgan fingerprint density at radius 3 is 2.32 bits per heavy atom. The van der Waals surface area contributed by atoms with E-state index in [1.165, 1.54) is 0 Å². The fourth-order valence-electron chi connectivity index (χ4n) is 3.67. The second-order valence-corrected chi connectivity index (χ2v) is 7.01. The van der Waals surface area contributed by atoms with E-state index in [9.17, 15) is 0 Å². The second-order valence-electron chi connectivity index (χ2n) is 7.01. The first kappa shape index (κ1) is 20.3. The van der Waals surface area contributed by atoms with Gasteiger partial charge in [0.05, 0.1) is 48.8 Å². The van der Waals surface area contributed by atoms with Gasteiger partial charge < -0.3 is 18.8 Å². The monoisotopic (exact) mass is 383 g/mol. The first-order valence-electron chi connectivity index (χ1n) is 9.54. The van der Waals surface area contributed by atoms with E-state index in [1.807, 2.05) is 6.07 Å². The van der Waals surface area contributed by atoms with Crippen molar-refractivity contribution < 1.29 is 14.2 Å². The van der Waals surface area contributed by atoms with Crippen LogP contribution in [-0.4, -0.2) is 49.1 Å². The maximum Gasteiger partial charge on any atom is 0.213 e. The van der Waals surface area contributed by atoms with E-state index in [1.54, 1.807) is 21.3 Å². The molecular weight excluding hydrogens is 354 g/mol. The van der Waals surface area contributed by atoms with Gasteiger partial charge in [-0.1, -0.05) is 6.92 Å². The first-order chi connectivity index (χ1) is 13.5. The Kier molecular flexibility index (Phi) is 6.31. The number of aryl methyl sites for hydroxylation is 3. The van der Waals surface area contributed by atoms with Crippen LogP contribution in [0.15, 0.2) is 24.4 Å². The molecule has 150 valence electrons. The van der Waals surface area contributed by atoms with Crippen LogP contribution in [0.2, 0.25) is 0 Å². The zero-order chi connectivity index (χ0) is 20.3. The van der Waals surface area contributed by atoms with Gasteiger partial charge in [0.2, 0.25) is 5.88 Å². The summed E-state index contributed by atoms with van der Waals surface area (Å²) in [5.74, 6) is 0.628. The van der Waals surface area contributed by atoms with Crippen molar-refractivity contribution in [2.45, 2.75) is 33.2 Å². The summed E-state index contributed by atoms with van der Waals surface area (Å²) < 4.78 is 18.3. The minimum atomic E-state index is 0.104. The van der Waals surface area contributed by atoms with E-state index >= 15 is 0 Å². The third kappa shape index (κ3) is 3.75. The van der Waals surface area contributed by atoms with E-state index in [4.69, 9.17) is 19.2 Å². The molecule has 0 aliphatic rings. The highest BCUT2D eigenvalue weighted by Crippen LogP contribution is 2.32. The quantitative estimate of drug-likeness (QED) is 0.586. The molecule has 0 aliphatic carbocycles. The van der Waals surface area contributed by atoms with Gasteiger partial charge in [-0.3, -0.25) is 0 Å². The average molecular weight is 383 g/mol. The Morgan fingerprint density at radius 1 is 1.00 bits per heavy atom. The Morgan fingerprint density at radius 2 is 1.71 bits per heavy atom. The van der Waals surface area contributed by atoms with E-state index in [0.717, 1.165) is 45.5 Å². The van der Waals surface area contributed by atoms with E-state index < -0.39 is 0 Å². The molecule has 0 amide bonds. The molecule has 0 aliphatic heterocycles. The molecule has 0 unspecified atom stereocenters. The van der Waals surface area contributed by atoms with Gasteiger partial charge in [-0.15, -0.1) is 0 Å². The molecular formula is C22H29N3O3. The number of fused-ring (bicyclic) bond motifs is 1. The normalized spacial score (nSPS) is 11.5. The molecule has 3 aromatic heterocycles. The first-order valence-corrected chi connectivity index (χ1v) is 9.54. The highest BCUT2D eigenvalue weighted by atomic mass is 16.5. The van der Waals surface area contributed by atoms with Crippen molar-refractivity contribution in [2.24, 2.45) is 0 Å². The lowest BCUT2D eigenvalue weighted by Gasteiger charge is -2.19. The molecule has 0 N–H and O–H groups in total. The van der Waals surface area contributed by atoms with Crippen LogP contribution in [-0.2, 0) is 15.9 Å². The summed E-state index contributed by atoms with van der Waals surface area (Å²) in [4.78, 5) is 9.66. The second kappa shape index (κ2) is 8.71. The van der Waals surface area contributed by atoms with Gasteiger partial charge in [0.25, 0.3) is 0 Å². The summed E-state index contributed by atoms with van der Waals surface area (Å²) in [5, 5.41) is 0. The largest absolute Gasteiger partial charge is 0.481 e. The van der Waals surface area contributed by atoms with Crippen LogP contribution in [0.5, 0.6) is 5.88 Å². The summed E-state index contributed by atoms with van der Waals surface area (Å²) in [5.41, 5.74) is 7.35. The minimum Gasteiger partial charge on any atom is -0.481 e. The maximum absolute atomic E-state index is 5.40. The standard InChI is InChI=1S/C22H29N3O3/c1-7-18-17(8-9-20(23-18)28-6)21-14(2)10-19-22(24-21)15(3)11-25(19)16(12-26-4)13-27-5/h8-11,16H,7,12-13H2,1-6H3. The maximum atomic E-state index is 5.40. The van der Waals surface area contributed by atoms with Crippen LogP contribution in [0.25, 0.3) is 22.3 Å². The van der Waals surface area contributed by atoms with Crippen LogP contribution >= 0.6 is 0 Å². The molecule has 0 fully saturated rings. The van der Waals surface area contributed by atoms with E-state index in [2.05, 4.69) is 48.7 Å². The fourth-order valence-corrected chi connectivity index (χ4v) is 3.67. The summed E-state index contributed by atoms with van der Waals surface area (Å²) in [7, 11) is 5.07. The predicted octanol–water partition coefficient (Wildman–Crippen LogP) is 4.12. The molecule has 6 heteroatoms. The van der Waals surface area contributed by atoms with Gasteiger partial charge in [-0.05, 0) is 43.5 Å². The molecule has 0 radical (unpaired) electrons. The summed E-state index contributed by atoms with van der Waals surface area (Å²) >= 11 is 0. The van der Waals surface area contributed by atoms with Gasteiger partial charge in [0.15, 0.2) is 0 Å². The van der Waals surface area contributed by atoms with Gasteiger partial charge in [0.1, 0.15) is 0 Å². The molecule has 3 heterocycles. The van der Waals surface area contributed by atoms with Gasteiger partial charge in [-0.2, -0.15) is 0 Å². The lowest BCUT2D eigenvalue weighted by atomic mass is 10.0.